The van der Waals surface area contributed by atoms with E-state index in [0.29, 0.717) is 36.0 Å². The predicted octanol–water partition coefficient (Wildman–Crippen LogP) is 2.36. The fourth-order valence-electron chi connectivity index (χ4n) is 3.52. The number of nitrogens with two attached hydrogens (primary N) is 2. The molecule has 1 fully saturated rings. The maximum atomic E-state index is 12.0. The van der Waals surface area contributed by atoms with Crippen LogP contribution in [0, 0.1) is 0 Å². The van der Waals surface area contributed by atoms with Crippen LogP contribution in [0.15, 0.2) is 18.3 Å². The number of carbonyl (C=O) groups is 1. The van der Waals surface area contributed by atoms with Gasteiger partial charge in [0.05, 0.1) is 24.7 Å². The first kappa shape index (κ1) is 20.8. The second-order valence-corrected chi connectivity index (χ2v) is 7.42. The van der Waals surface area contributed by atoms with E-state index in [1.165, 1.54) is 6.42 Å². The predicted molar refractivity (Wildman–Crippen MR) is 112 cm³/mol. The van der Waals surface area contributed by atoms with Crippen molar-refractivity contribution in [3.05, 3.63) is 29.7 Å². The molecule has 2 aromatic heterocycles. The number of carbonyl (C=O) groups excluding carboxylic acids is 1. The van der Waals surface area contributed by atoms with Crippen LogP contribution < -0.4 is 26.8 Å². The number of rotatable bonds is 8. The summed E-state index contributed by atoms with van der Waals surface area (Å²) in [6.07, 6.45) is 7.68. The third-order valence-corrected chi connectivity index (χ3v) is 5.20. The summed E-state index contributed by atoms with van der Waals surface area (Å²) < 4.78 is 5.07. The molecule has 3 rings (SSSR count). The van der Waals surface area contributed by atoms with Crippen LogP contribution >= 0.6 is 0 Å². The van der Waals surface area contributed by atoms with Crippen LogP contribution in [0.4, 0.5) is 17.3 Å². The molecule has 0 saturated heterocycles. The van der Waals surface area contributed by atoms with E-state index in [0.717, 1.165) is 25.7 Å². The van der Waals surface area contributed by atoms with Gasteiger partial charge in [-0.25, -0.2) is 15.0 Å². The molecular formula is C20H29N7O2. The summed E-state index contributed by atoms with van der Waals surface area (Å²) in [5, 5.41) is 6.44. The normalized spacial score (nSPS) is 15.6. The Morgan fingerprint density at radius 2 is 1.97 bits per heavy atom. The Balaban J connectivity index is 1.87. The molecule has 0 atom stereocenters. The lowest BCUT2D eigenvalue weighted by Crippen LogP contribution is -2.47. The van der Waals surface area contributed by atoms with E-state index in [4.69, 9.17) is 16.2 Å². The van der Waals surface area contributed by atoms with Gasteiger partial charge in [0.15, 0.2) is 11.5 Å². The molecule has 29 heavy (non-hydrogen) atoms. The zero-order chi connectivity index (χ0) is 20.9. The van der Waals surface area contributed by atoms with Crippen molar-refractivity contribution in [2.45, 2.75) is 51.0 Å². The van der Waals surface area contributed by atoms with Crippen molar-refractivity contribution in [2.24, 2.45) is 11.5 Å². The molecule has 156 valence electrons. The molecule has 0 bridgehead atoms. The number of methoxy groups -OCH3 is 1. The Morgan fingerprint density at radius 3 is 2.55 bits per heavy atom. The minimum Gasteiger partial charge on any atom is -0.481 e. The van der Waals surface area contributed by atoms with Crippen molar-refractivity contribution in [3.63, 3.8) is 0 Å². The van der Waals surface area contributed by atoms with Crippen LogP contribution in [-0.2, 0) is 6.42 Å². The first-order valence-corrected chi connectivity index (χ1v) is 9.94. The van der Waals surface area contributed by atoms with Crippen LogP contribution in [0.1, 0.15) is 55.2 Å². The first-order valence-electron chi connectivity index (χ1n) is 9.94. The SMILES string of the molecule is CCc1nc(C(N)=O)c(Nc2ccc(OC)nc2)nc1NCC1(N)CCCCC1. The number of anilines is 3. The lowest BCUT2D eigenvalue weighted by Gasteiger charge is -2.33. The molecule has 6 N–H and O–H groups in total. The summed E-state index contributed by atoms with van der Waals surface area (Å²) in [6, 6.07) is 3.48. The highest BCUT2D eigenvalue weighted by atomic mass is 16.5. The quantitative estimate of drug-likeness (QED) is 0.530. The summed E-state index contributed by atoms with van der Waals surface area (Å²) in [6.45, 7) is 2.56. The van der Waals surface area contributed by atoms with Gasteiger partial charge in [-0.2, -0.15) is 0 Å². The number of hydrogen-bond donors (Lipinski definition) is 4. The number of hydrogen-bond acceptors (Lipinski definition) is 8. The summed E-state index contributed by atoms with van der Waals surface area (Å²) in [7, 11) is 1.55. The molecule has 0 radical (unpaired) electrons. The molecule has 0 spiro atoms. The number of ether oxygens (including phenoxy) is 1. The zero-order valence-electron chi connectivity index (χ0n) is 17.0. The molecule has 1 aliphatic carbocycles. The van der Waals surface area contributed by atoms with Gasteiger partial charge in [0.1, 0.15) is 5.82 Å². The molecule has 2 aromatic rings. The topological polar surface area (TPSA) is 141 Å². The van der Waals surface area contributed by atoms with Gasteiger partial charge in [-0.15, -0.1) is 0 Å². The van der Waals surface area contributed by atoms with Gasteiger partial charge in [-0.05, 0) is 25.3 Å². The minimum atomic E-state index is -0.648. The van der Waals surface area contributed by atoms with Crippen LogP contribution in [-0.4, -0.2) is 40.1 Å². The van der Waals surface area contributed by atoms with E-state index in [9.17, 15) is 4.79 Å². The Labute approximate surface area is 170 Å². The second kappa shape index (κ2) is 9.04. The maximum Gasteiger partial charge on any atom is 0.271 e. The van der Waals surface area contributed by atoms with E-state index in [2.05, 4.69) is 25.6 Å². The van der Waals surface area contributed by atoms with E-state index in [1.807, 2.05) is 6.92 Å². The monoisotopic (exact) mass is 399 g/mol. The third-order valence-electron chi connectivity index (χ3n) is 5.20. The second-order valence-electron chi connectivity index (χ2n) is 7.42. The average molecular weight is 399 g/mol. The van der Waals surface area contributed by atoms with Crippen LogP contribution in [0.25, 0.3) is 0 Å². The highest BCUT2D eigenvalue weighted by Crippen LogP contribution is 2.27. The maximum absolute atomic E-state index is 12.0. The molecule has 0 aliphatic heterocycles. The molecule has 9 heteroatoms. The number of amides is 1. The van der Waals surface area contributed by atoms with Crippen molar-refractivity contribution >= 4 is 23.2 Å². The molecule has 0 unspecified atom stereocenters. The lowest BCUT2D eigenvalue weighted by atomic mass is 9.82. The van der Waals surface area contributed by atoms with E-state index in [-0.39, 0.29) is 17.1 Å². The van der Waals surface area contributed by atoms with Crippen molar-refractivity contribution in [3.8, 4) is 5.88 Å². The fourth-order valence-corrected chi connectivity index (χ4v) is 3.52. The van der Waals surface area contributed by atoms with Gasteiger partial charge in [0.2, 0.25) is 5.88 Å². The standard InChI is InChI=1S/C20H29N7O2/c1-3-14-18(24-12-20(22)9-5-4-6-10-20)27-19(16(26-14)17(21)28)25-13-7-8-15(29-2)23-11-13/h7-8,11H,3-6,9-10,12,22H2,1-2H3,(H2,21,28)(H2,24,25,27). The van der Waals surface area contributed by atoms with Crippen LogP contribution in [0.3, 0.4) is 0 Å². The number of nitrogens with one attached hydrogen (secondary N) is 2. The number of aromatic nitrogens is 3. The summed E-state index contributed by atoms with van der Waals surface area (Å²) in [5.41, 5.74) is 13.2. The van der Waals surface area contributed by atoms with Crippen molar-refractivity contribution in [2.75, 3.05) is 24.3 Å². The molecule has 0 aromatic carbocycles. The van der Waals surface area contributed by atoms with Gasteiger partial charge in [0.25, 0.3) is 5.91 Å². The summed E-state index contributed by atoms with van der Waals surface area (Å²) in [4.78, 5) is 25.2. The molecular weight excluding hydrogens is 370 g/mol. The summed E-state index contributed by atoms with van der Waals surface area (Å²) >= 11 is 0. The zero-order valence-corrected chi connectivity index (χ0v) is 17.0. The smallest absolute Gasteiger partial charge is 0.271 e. The number of nitrogens with zero attached hydrogens (tertiary/aromatic N) is 3. The molecule has 1 saturated carbocycles. The van der Waals surface area contributed by atoms with Crippen LogP contribution in [0.5, 0.6) is 5.88 Å². The van der Waals surface area contributed by atoms with Gasteiger partial charge >= 0.3 is 0 Å². The number of primary amides is 1. The fraction of sp³-hybridized carbons (Fsp3) is 0.500. The largest absolute Gasteiger partial charge is 0.481 e. The van der Waals surface area contributed by atoms with E-state index >= 15 is 0 Å². The van der Waals surface area contributed by atoms with Gasteiger partial charge in [-0.3, -0.25) is 4.79 Å². The lowest BCUT2D eigenvalue weighted by molar-refractivity contribution is 0.0996. The molecule has 1 amide bonds. The van der Waals surface area contributed by atoms with E-state index < -0.39 is 5.91 Å². The Morgan fingerprint density at radius 1 is 1.21 bits per heavy atom. The minimum absolute atomic E-state index is 0.0864. The molecule has 1 aliphatic rings. The van der Waals surface area contributed by atoms with Gasteiger partial charge in [-0.1, -0.05) is 26.2 Å². The highest BCUT2D eigenvalue weighted by molar-refractivity contribution is 5.96. The van der Waals surface area contributed by atoms with Crippen LogP contribution in [0.2, 0.25) is 0 Å². The van der Waals surface area contributed by atoms with Crippen molar-refractivity contribution in [1.82, 2.24) is 15.0 Å². The third kappa shape index (κ3) is 5.11. The highest BCUT2D eigenvalue weighted by Gasteiger charge is 2.28. The Bertz CT molecular complexity index is 849. The Kier molecular flexibility index (Phi) is 6.48. The average Bonchev–Trinajstić information content (AvgIpc) is 2.73. The number of pyridine rings is 1. The van der Waals surface area contributed by atoms with Gasteiger partial charge in [0, 0.05) is 18.2 Å². The molecule has 9 nitrogen and oxygen atoms in total. The molecule has 2 heterocycles. The van der Waals surface area contributed by atoms with E-state index in [1.54, 1.807) is 25.4 Å². The Hall–Kier alpha value is -2.94. The van der Waals surface area contributed by atoms with Crippen molar-refractivity contribution < 1.29 is 9.53 Å². The van der Waals surface area contributed by atoms with Crippen molar-refractivity contribution in [1.29, 1.82) is 0 Å². The summed E-state index contributed by atoms with van der Waals surface area (Å²) in [5.74, 6) is 0.724. The van der Waals surface area contributed by atoms with Gasteiger partial charge < -0.3 is 26.8 Å². The first-order chi connectivity index (χ1) is 13.9. The number of aryl methyl sites for hydroxylation is 1.